The summed E-state index contributed by atoms with van der Waals surface area (Å²) in [5.74, 6) is -2.80. The molecule has 0 amide bonds. The van der Waals surface area contributed by atoms with Gasteiger partial charge in [0.25, 0.3) is 0 Å². The Morgan fingerprint density at radius 3 is 2.28 bits per heavy atom. The molecule has 0 unspecified atom stereocenters. The molecule has 1 saturated heterocycles. The van der Waals surface area contributed by atoms with E-state index in [9.17, 15) is 40.5 Å². The summed E-state index contributed by atoms with van der Waals surface area (Å²) in [5, 5.41) is 69.2. The molecule has 11 nitrogen and oxygen atoms in total. The molecular weight excluding hydrogens is 428 g/mol. The minimum Gasteiger partial charge on any atom is -0.508 e. The van der Waals surface area contributed by atoms with Gasteiger partial charge in [0.15, 0.2) is 17.3 Å². The molecule has 0 radical (unpaired) electrons. The van der Waals surface area contributed by atoms with E-state index in [1.807, 2.05) is 0 Å². The number of ether oxygens (including phenoxy) is 2. The van der Waals surface area contributed by atoms with Gasteiger partial charge in [0.1, 0.15) is 40.8 Å². The number of fused-ring (bicyclic) bond motifs is 1. The second-order valence-corrected chi connectivity index (χ2v) is 7.43. The van der Waals surface area contributed by atoms with Crippen molar-refractivity contribution < 1.29 is 49.6 Å². The van der Waals surface area contributed by atoms with Crippen LogP contribution in [0.5, 0.6) is 28.7 Å². The van der Waals surface area contributed by atoms with Gasteiger partial charge in [-0.05, 0) is 25.1 Å². The van der Waals surface area contributed by atoms with Crippen molar-refractivity contribution in [2.75, 3.05) is 0 Å². The van der Waals surface area contributed by atoms with Gasteiger partial charge < -0.3 is 49.6 Å². The monoisotopic (exact) mass is 448 g/mol. The predicted molar refractivity (Wildman–Crippen MR) is 108 cm³/mol. The van der Waals surface area contributed by atoms with Gasteiger partial charge in [-0.2, -0.15) is 0 Å². The van der Waals surface area contributed by atoms with Crippen molar-refractivity contribution in [3.05, 3.63) is 40.6 Å². The molecule has 0 saturated carbocycles. The minimum atomic E-state index is -1.74. The molecule has 5 atom stereocenters. The standard InChI is InChI=1S/C21H20O11/c1-7-15(26)17(28)18(29)21(30-7)32-20-16(27)14-12(25)5-9(22)6-13(14)31-19(20)8-2-3-10(23)11(24)4-8/h2-7,15,17-18,21-26,28-29H,1H3/t7-,15+,17-,18-,21+/m1/s1. The summed E-state index contributed by atoms with van der Waals surface area (Å²) in [6, 6.07) is 5.51. The van der Waals surface area contributed by atoms with Gasteiger partial charge in [-0.15, -0.1) is 0 Å². The van der Waals surface area contributed by atoms with E-state index in [1.54, 1.807) is 0 Å². The van der Waals surface area contributed by atoms with E-state index < -0.39 is 59.1 Å². The second-order valence-electron chi connectivity index (χ2n) is 7.43. The summed E-state index contributed by atoms with van der Waals surface area (Å²) in [4.78, 5) is 13.2. The van der Waals surface area contributed by atoms with Crippen LogP contribution in [0.1, 0.15) is 6.92 Å². The lowest BCUT2D eigenvalue weighted by molar-refractivity contribution is -0.268. The number of aliphatic hydroxyl groups is 3. The topological polar surface area (TPSA) is 190 Å². The molecule has 170 valence electrons. The number of phenols is 4. The Labute approximate surface area is 179 Å². The zero-order valence-corrected chi connectivity index (χ0v) is 16.5. The van der Waals surface area contributed by atoms with E-state index in [1.165, 1.54) is 13.0 Å². The fraction of sp³-hybridized carbons (Fsp3) is 0.286. The van der Waals surface area contributed by atoms with E-state index >= 15 is 0 Å². The van der Waals surface area contributed by atoms with Crippen molar-refractivity contribution in [1.29, 1.82) is 0 Å². The zero-order chi connectivity index (χ0) is 23.3. The molecule has 2 heterocycles. The van der Waals surface area contributed by atoms with Crippen LogP contribution in [-0.4, -0.2) is 66.5 Å². The van der Waals surface area contributed by atoms with Crippen molar-refractivity contribution in [3.8, 4) is 40.1 Å². The Morgan fingerprint density at radius 2 is 1.59 bits per heavy atom. The third kappa shape index (κ3) is 3.56. The van der Waals surface area contributed by atoms with Crippen LogP contribution >= 0.6 is 0 Å². The van der Waals surface area contributed by atoms with E-state index in [0.717, 1.165) is 24.3 Å². The Morgan fingerprint density at radius 1 is 0.875 bits per heavy atom. The predicted octanol–water partition coefficient (Wildman–Crippen LogP) is 0.489. The van der Waals surface area contributed by atoms with Gasteiger partial charge in [0, 0.05) is 17.7 Å². The van der Waals surface area contributed by atoms with Crippen LogP contribution in [0.15, 0.2) is 39.5 Å². The molecule has 1 fully saturated rings. The maximum Gasteiger partial charge on any atom is 0.239 e. The Hall–Kier alpha value is -3.51. The maximum atomic E-state index is 13.2. The molecule has 1 aliphatic heterocycles. The Bertz CT molecular complexity index is 1230. The van der Waals surface area contributed by atoms with Crippen molar-refractivity contribution in [1.82, 2.24) is 0 Å². The lowest BCUT2D eigenvalue weighted by Gasteiger charge is -2.38. The number of phenolic OH excluding ortho intramolecular Hbond substituents is 4. The molecule has 0 aliphatic carbocycles. The second kappa shape index (κ2) is 7.88. The van der Waals surface area contributed by atoms with Crippen molar-refractivity contribution in [2.24, 2.45) is 0 Å². The van der Waals surface area contributed by atoms with Crippen LogP contribution in [-0.2, 0) is 4.74 Å². The van der Waals surface area contributed by atoms with E-state index in [4.69, 9.17) is 13.9 Å². The number of hydrogen-bond acceptors (Lipinski definition) is 11. The quantitative estimate of drug-likeness (QED) is 0.276. The van der Waals surface area contributed by atoms with Crippen LogP contribution in [0.4, 0.5) is 0 Å². The average molecular weight is 448 g/mol. The van der Waals surface area contributed by atoms with E-state index in [2.05, 4.69) is 0 Å². The summed E-state index contributed by atoms with van der Waals surface area (Å²) in [5.41, 5.74) is -1.05. The lowest BCUT2D eigenvalue weighted by atomic mass is 10.00. The minimum absolute atomic E-state index is 0.0658. The number of benzene rings is 2. The molecule has 3 aromatic rings. The first-order chi connectivity index (χ1) is 15.1. The Kier molecular flexibility index (Phi) is 5.34. The summed E-state index contributed by atoms with van der Waals surface area (Å²) in [6.45, 7) is 1.42. The van der Waals surface area contributed by atoms with Gasteiger partial charge in [-0.3, -0.25) is 4.79 Å². The maximum absolute atomic E-state index is 13.2. The molecule has 32 heavy (non-hydrogen) atoms. The van der Waals surface area contributed by atoms with Crippen LogP contribution in [0.25, 0.3) is 22.3 Å². The van der Waals surface area contributed by atoms with Crippen LogP contribution < -0.4 is 10.2 Å². The first-order valence-corrected chi connectivity index (χ1v) is 9.50. The van der Waals surface area contributed by atoms with E-state index in [0.29, 0.717) is 0 Å². The first-order valence-electron chi connectivity index (χ1n) is 9.50. The van der Waals surface area contributed by atoms with Gasteiger partial charge in [0.05, 0.1) is 6.10 Å². The van der Waals surface area contributed by atoms with Crippen molar-refractivity contribution >= 4 is 11.0 Å². The largest absolute Gasteiger partial charge is 0.508 e. The number of rotatable bonds is 3. The fourth-order valence-corrected chi connectivity index (χ4v) is 3.46. The van der Waals surface area contributed by atoms with Gasteiger partial charge in [-0.1, -0.05) is 0 Å². The Balaban J connectivity index is 1.92. The van der Waals surface area contributed by atoms with E-state index in [-0.39, 0.29) is 28.0 Å². The average Bonchev–Trinajstić information content (AvgIpc) is 2.73. The van der Waals surface area contributed by atoms with Crippen molar-refractivity contribution in [2.45, 2.75) is 37.6 Å². The summed E-state index contributed by atoms with van der Waals surface area (Å²) < 4.78 is 16.6. The van der Waals surface area contributed by atoms with Crippen LogP contribution in [0, 0.1) is 0 Å². The summed E-state index contributed by atoms with van der Waals surface area (Å²) in [7, 11) is 0. The molecule has 1 aliphatic rings. The molecule has 11 heteroatoms. The smallest absolute Gasteiger partial charge is 0.239 e. The van der Waals surface area contributed by atoms with Crippen LogP contribution in [0.3, 0.4) is 0 Å². The van der Waals surface area contributed by atoms with Gasteiger partial charge >= 0.3 is 0 Å². The molecule has 1 aromatic heterocycles. The highest BCUT2D eigenvalue weighted by Gasteiger charge is 2.44. The van der Waals surface area contributed by atoms with Crippen molar-refractivity contribution in [3.63, 3.8) is 0 Å². The highest BCUT2D eigenvalue weighted by Crippen LogP contribution is 2.39. The number of aliphatic hydroxyl groups excluding tert-OH is 3. The molecule has 7 N–H and O–H groups in total. The zero-order valence-electron chi connectivity index (χ0n) is 16.5. The van der Waals surface area contributed by atoms with Gasteiger partial charge in [-0.25, -0.2) is 0 Å². The summed E-state index contributed by atoms with van der Waals surface area (Å²) in [6.07, 6.45) is -7.35. The molecule has 2 aromatic carbocycles. The number of aromatic hydroxyl groups is 4. The third-order valence-electron chi connectivity index (χ3n) is 5.20. The lowest BCUT2D eigenvalue weighted by Crippen LogP contribution is -2.58. The molecule has 4 rings (SSSR count). The highest BCUT2D eigenvalue weighted by atomic mass is 16.7. The summed E-state index contributed by atoms with van der Waals surface area (Å²) >= 11 is 0. The first kappa shape index (κ1) is 21.7. The molecular formula is C21H20O11. The van der Waals surface area contributed by atoms with Gasteiger partial charge in [0.2, 0.25) is 17.5 Å². The molecule has 0 spiro atoms. The normalized spacial score (nSPS) is 25.7. The molecule has 0 bridgehead atoms. The number of hydrogen-bond donors (Lipinski definition) is 7. The van der Waals surface area contributed by atoms with Crippen LogP contribution in [0.2, 0.25) is 0 Å². The SMILES string of the molecule is C[C@H]1O[C@@H](Oc2c(-c3ccc(O)c(O)c3)oc3cc(O)cc(O)c3c2=O)[C@H](O)[C@H](O)[C@H]1O. The highest BCUT2D eigenvalue weighted by molar-refractivity contribution is 5.88. The third-order valence-corrected chi connectivity index (χ3v) is 5.20. The fourth-order valence-electron chi connectivity index (χ4n) is 3.46.